The molecule has 6 nitrogen and oxygen atoms in total. The molecule has 0 saturated heterocycles. The van der Waals surface area contributed by atoms with Crippen LogP contribution in [0, 0.1) is 29.1 Å². The summed E-state index contributed by atoms with van der Waals surface area (Å²) < 4.78 is 5.20. The van der Waals surface area contributed by atoms with E-state index in [1.54, 1.807) is 7.11 Å². The lowest BCUT2D eigenvalue weighted by Crippen LogP contribution is -2.58. The summed E-state index contributed by atoms with van der Waals surface area (Å²) in [6, 6.07) is 16.9. The number of aliphatic hydroxyl groups is 1. The fourth-order valence-corrected chi connectivity index (χ4v) is 6.63. The van der Waals surface area contributed by atoms with Crippen LogP contribution in [0.4, 0.5) is 0 Å². The van der Waals surface area contributed by atoms with Crippen molar-refractivity contribution < 1.29 is 19.4 Å². The Morgan fingerprint density at radius 1 is 1.08 bits per heavy atom. The minimum absolute atomic E-state index is 0.00314. The van der Waals surface area contributed by atoms with Gasteiger partial charge in [0.25, 0.3) is 5.91 Å². The minimum Gasteiger partial charge on any atom is -0.497 e. The molecular formula is C30H40N2O4. The van der Waals surface area contributed by atoms with Gasteiger partial charge in [-0.3, -0.25) is 9.59 Å². The Morgan fingerprint density at radius 3 is 2.42 bits per heavy atom. The van der Waals surface area contributed by atoms with Gasteiger partial charge in [-0.05, 0) is 78.7 Å². The number of fused-ring (bicyclic) bond motifs is 1. The maximum atomic E-state index is 13.1. The van der Waals surface area contributed by atoms with E-state index >= 15 is 0 Å². The number of methoxy groups -OCH3 is 1. The third-order valence-electron chi connectivity index (χ3n) is 8.92. The molecule has 2 aromatic carbocycles. The highest BCUT2D eigenvalue weighted by atomic mass is 16.5. The van der Waals surface area contributed by atoms with E-state index in [1.165, 1.54) is 0 Å². The summed E-state index contributed by atoms with van der Waals surface area (Å²) in [7, 11) is 1.63. The molecule has 2 aliphatic carbocycles. The normalized spacial score (nSPS) is 30.5. The summed E-state index contributed by atoms with van der Waals surface area (Å²) in [5.74, 6) is 0.428. The van der Waals surface area contributed by atoms with Crippen molar-refractivity contribution in [2.24, 2.45) is 29.1 Å². The van der Waals surface area contributed by atoms with Crippen LogP contribution in [-0.4, -0.2) is 36.2 Å². The van der Waals surface area contributed by atoms with Crippen LogP contribution in [0.25, 0.3) is 0 Å². The van der Waals surface area contributed by atoms with Crippen molar-refractivity contribution in [3.8, 4) is 5.75 Å². The predicted molar refractivity (Wildman–Crippen MR) is 140 cm³/mol. The van der Waals surface area contributed by atoms with Gasteiger partial charge in [0.1, 0.15) is 5.75 Å². The molecule has 6 heteroatoms. The molecule has 0 aliphatic heterocycles. The molecule has 3 N–H and O–H groups in total. The van der Waals surface area contributed by atoms with Gasteiger partial charge < -0.3 is 20.5 Å². The Morgan fingerprint density at radius 2 is 1.75 bits per heavy atom. The first-order valence-corrected chi connectivity index (χ1v) is 13.2. The van der Waals surface area contributed by atoms with Gasteiger partial charge in [0.2, 0.25) is 5.91 Å². The number of benzene rings is 2. The summed E-state index contributed by atoms with van der Waals surface area (Å²) in [6.45, 7) is 6.80. The third-order valence-corrected chi connectivity index (χ3v) is 8.92. The quantitative estimate of drug-likeness (QED) is 0.528. The number of nitrogens with one attached hydrogen (secondary N) is 2. The van der Waals surface area contributed by atoms with E-state index in [4.69, 9.17) is 4.74 Å². The highest BCUT2D eigenvalue weighted by Gasteiger charge is 2.53. The largest absolute Gasteiger partial charge is 0.497 e. The molecular weight excluding hydrogens is 452 g/mol. The molecule has 36 heavy (non-hydrogen) atoms. The van der Waals surface area contributed by atoms with Gasteiger partial charge in [-0.15, -0.1) is 0 Å². The van der Waals surface area contributed by atoms with Crippen LogP contribution < -0.4 is 15.4 Å². The second-order valence-electron chi connectivity index (χ2n) is 11.1. The molecule has 2 fully saturated rings. The number of amides is 2. The second-order valence-corrected chi connectivity index (χ2v) is 11.1. The molecule has 0 aromatic heterocycles. The molecule has 0 radical (unpaired) electrons. The number of hydrogen-bond donors (Lipinski definition) is 3. The zero-order valence-corrected chi connectivity index (χ0v) is 21.9. The van der Waals surface area contributed by atoms with Crippen molar-refractivity contribution in [1.82, 2.24) is 10.6 Å². The van der Waals surface area contributed by atoms with Crippen LogP contribution in [0.1, 0.15) is 62.4 Å². The van der Waals surface area contributed by atoms with E-state index in [0.717, 1.165) is 37.0 Å². The average Bonchev–Trinajstić information content (AvgIpc) is 2.89. The highest BCUT2D eigenvalue weighted by Crippen LogP contribution is 2.55. The third kappa shape index (κ3) is 5.44. The molecule has 0 unspecified atom stereocenters. The van der Waals surface area contributed by atoms with Crippen molar-refractivity contribution in [2.75, 3.05) is 7.11 Å². The van der Waals surface area contributed by atoms with Crippen LogP contribution >= 0.6 is 0 Å². The van der Waals surface area contributed by atoms with E-state index < -0.39 is 6.10 Å². The Labute approximate surface area is 214 Å². The smallest absolute Gasteiger partial charge is 0.251 e. The van der Waals surface area contributed by atoms with Gasteiger partial charge in [-0.1, -0.05) is 51.1 Å². The topological polar surface area (TPSA) is 87.7 Å². The number of rotatable bonds is 7. The molecule has 0 bridgehead atoms. The molecule has 7 atom stereocenters. The minimum atomic E-state index is -0.586. The van der Waals surface area contributed by atoms with Gasteiger partial charge in [-0.2, -0.15) is 0 Å². The summed E-state index contributed by atoms with van der Waals surface area (Å²) in [5.41, 5.74) is 1.68. The van der Waals surface area contributed by atoms with Crippen LogP contribution in [0.3, 0.4) is 0 Å². The summed E-state index contributed by atoms with van der Waals surface area (Å²) in [4.78, 5) is 25.9. The fourth-order valence-electron chi connectivity index (χ4n) is 6.63. The number of carbonyl (C=O) groups excluding carboxylic acids is 2. The standard InChI is InChI=1S/C30H40N2O4/c1-19(28(34)31-18-21-10-12-23(36-4)13-11-21)24-14-16-30(3)17-15-25(20(2)26(30)27(24)33)32-29(35)22-8-6-5-7-9-22/h5-13,19-20,24-27,33H,14-18H2,1-4H3,(H,31,34)(H,32,35)/t19-,20+,24-,25-,26+,27-,30-/m0/s1. The monoisotopic (exact) mass is 492 g/mol. The van der Waals surface area contributed by atoms with E-state index in [-0.39, 0.29) is 46.9 Å². The number of carbonyl (C=O) groups is 2. The Bertz CT molecular complexity index is 1040. The molecule has 2 aliphatic rings. The first-order chi connectivity index (χ1) is 17.2. The first-order valence-electron chi connectivity index (χ1n) is 13.2. The van der Waals surface area contributed by atoms with Crippen LogP contribution in [-0.2, 0) is 11.3 Å². The molecule has 0 heterocycles. The Hall–Kier alpha value is -2.86. The fraction of sp³-hybridized carbons (Fsp3) is 0.533. The van der Waals surface area contributed by atoms with E-state index in [0.29, 0.717) is 12.1 Å². The summed E-state index contributed by atoms with van der Waals surface area (Å²) in [6.07, 6.45) is 3.10. The van der Waals surface area contributed by atoms with Crippen molar-refractivity contribution in [2.45, 2.75) is 65.1 Å². The van der Waals surface area contributed by atoms with Crippen LogP contribution in [0.5, 0.6) is 5.75 Å². The lowest BCUT2D eigenvalue weighted by atomic mass is 9.51. The molecule has 2 amide bonds. The lowest BCUT2D eigenvalue weighted by Gasteiger charge is -2.56. The molecule has 194 valence electrons. The van der Waals surface area contributed by atoms with Crippen LogP contribution in [0.15, 0.2) is 54.6 Å². The second kappa shape index (κ2) is 11.0. The van der Waals surface area contributed by atoms with Gasteiger partial charge in [0.15, 0.2) is 0 Å². The van der Waals surface area contributed by atoms with E-state index in [9.17, 15) is 14.7 Å². The van der Waals surface area contributed by atoms with Gasteiger partial charge >= 0.3 is 0 Å². The van der Waals surface area contributed by atoms with Crippen LogP contribution in [0.2, 0.25) is 0 Å². The van der Waals surface area contributed by atoms with E-state index in [2.05, 4.69) is 24.5 Å². The molecule has 4 rings (SSSR count). The van der Waals surface area contributed by atoms with Crippen molar-refractivity contribution in [3.63, 3.8) is 0 Å². The van der Waals surface area contributed by atoms with Gasteiger partial charge in [-0.25, -0.2) is 0 Å². The van der Waals surface area contributed by atoms with Crippen molar-refractivity contribution in [1.29, 1.82) is 0 Å². The van der Waals surface area contributed by atoms with Crippen molar-refractivity contribution in [3.05, 3.63) is 65.7 Å². The highest BCUT2D eigenvalue weighted by molar-refractivity contribution is 5.94. The SMILES string of the molecule is COc1ccc(CNC(=O)[C@@H](C)[C@@H]2CC[C@@]3(C)CC[C@H](NC(=O)c4ccccc4)[C@@H](C)[C@@H]3[C@H]2O)cc1. The Balaban J connectivity index is 1.40. The summed E-state index contributed by atoms with van der Waals surface area (Å²) in [5, 5.41) is 17.9. The van der Waals surface area contributed by atoms with Crippen molar-refractivity contribution >= 4 is 11.8 Å². The zero-order chi connectivity index (χ0) is 25.9. The molecule has 2 aromatic rings. The molecule has 0 spiro atoms. The summed E-state index contributed by atoms with van der Waals surface area (Å²) >= 11 is 0. The average molecular weight is 493 g/mol. The predicted octanol–water partition coefficient (Wildman–Crippen LogP) is 4.57. The van der Waals surface area contributed by atoms with E-state index in [1.807, 2.05) is 61.5 Å². The number of aliphatic hydroxyl groups excluding tert-OH is 1. The number of hydrogen-bond acceptors (Lipinski definition) is 4. The maximum Gasteiger partial charge on any atom is 0.251 e. The zero-order valence-electron chi connectivity index (χ0n) is 21.9. The lowest BCUT2D eigenvalue weighted by molar-refractivity contribution is -0.142. The molecule has 2 saturated carbocycles. The van der Waals surface area contributed by atoms with Gasteiger partial charge in [0.05, 0.1) is 13.2 Å². The first kappa shape index (κ1) is 26.2. The number of ether oxygens (including phenoxy) is 1. The van der Waals surface area contributed by atoms with Gasteiger partial charge in [0, 0.05) is 24.1 Å². The Kier molecular flexibility index (Phi) is 8.04. The maximum absolute atomic E-state index is 13.1.